The van der Waals surface area contributed by atoms with Crippen molar-refractivity contribution in [3.8, 4) is 0 Å². The summed E-state index contributed by atoms with van der Waals surface area (Å²) in [5, 5.41) is 3.29. The molecule has 1 aliphatic rings. The number of carbonyl (C=O) groups excluding carboxylic acids is 1. The van der Waals surface area contributed by atoms with Gasteiger partial charge >= 0.3 is 0 Å². The third-order valence-electron chi connectivity index (χ3n) is 3.34. The summed E-state index contributed by atoms with van der Waals surface area (Å²) in [5.41, 5.74) is 0. The van der Waals surface area contributed by atoms with Crippen LogP contribution in [-0.2, 0) is 9.53 Å². The highest BCUT2D eigenvalue weighted by atomic mass is 35.5. The predicted molar refractivity (Wildman–Crippen MR) is 80.8 cm³/mol. The monoisotopic (exact) mass is 292 g/mol. The molecule has 0 saturated carbocycles. The van der Waals surface area contributed by atoms with Crippen molar-refractivity contribution >= 4 is 18.3 Å². The zero-order chi connectivity index (χ0) is 13.5. The highest BCUT2D eigenvalue weighted by Gasteiger charge is 2.22. The summed E-state index contributed by atoms with van der Waals surface area (Å²) in [7, 11) is 0. The van der Waals surface area contributed by atoms with Crippen LogP contribution in [0.3, 0.4) is 0 Å². The first-order chi connectivity index (χ1) is 8.50. The first-order valence-electron chi connectivity index (χ1n) is 7.12. The molecule has 0 bridgehead atoms. The molecule has 1 saturated heterocycles. The number of hydrogen-bond donors (Lipinski definition) is 1. The molecule has 0 radical (unpaired) electrons. The second-order valence-electron chi connectivity index (χ2n) is 5.70. The van der Waals surface area contributed by atoms with Crippen molar-refractivity contribution in [1.82, 2.24) is 10.2 Å². The van der Waals surface area contributed by atoms with Crippen LogP contribution in [0.5, 0.6) is 0 Å². The second kappa shape index (κ2) is 9.56. The number of ether oxygens (including phenoxy) is 1. The van der Waals surface area contributed by atoms with E-state index in [0.29, 0.717) is 25.0 Å². The largest absolute Gasteiger partial charge is 0.378 e. The lowest BCUT2D eigenvalue weighted by atomic mass is 10.1. The molecule has 2 atom stereocenters. The van der Waals surface area contributed by atoms with Gasteiger partial charge in [0.1, 0.15) is 0 Å². The van der Waals surface area contributed by atoms with Gasteiger partial charge in [0, 0.05) is 25.7 Å². The Labute approximate surface area is 123 Å². The molecule has 5 heteroatoms. The number of carbonyl (C=O) groups is 1. The molecule has 1 rings (SSSR count). The van der Waals surface area contributed by atoms with Gasteiger partial charge in [0.05, 0.1) is 19.1 Å². The number of halogens is 1. The van der Waals surface area contributed by atoms with Crippen LogP contribution in [0.15, 0.2) is 0 Å². The van der Waals surface area contributed by atoms with Crippen LogP contribution in [0.4, 0.5) is 0 Å². The first-order valence-corrected chi connectivity index (χ1v) is 7.12. The first kappa shape index (κ1) is 18.7. The smallest absolute Gasteiger partial charge is 0.225 e. The van der Waals surface area contributed by atoms with Crippen molar-refractivity contribution < 1.29 is 9.53 Å². The molecule has 114 valence electrons. The molecule has 2 unspecified atom stereocenters. The van der Waals surface area contributed by atoms with Crippen molar-refractivity contribution in [3.63, 3.8) is 0 Å². The lowest BCUT2D eigenvalue weighted by Gasteiger charge is -2.34. The topological polar surface area (TPSA) is 41.6 Å². The number of piperazine rings is 1. The number of rotatable bonds is 6. The minimum Gasteiger partial charge on any atom is -0.378 e. The minimum absolute atomic E-state index is 0. The summed E-state index contributed by atoms with van der Waals surface area (Å²) in [6.07, 6.45) is 1.81. The summed E-state index contributed by atoms with van der Waals surface area (Å²) in [6, 6.07) is 0.305. The lowest BCUT2D eigenvalue weighted by Crippen LogP contribution is -2.52. The summed E-state index contributed by atoms with van der Waals surface area (Å²) >= 11 is 0. The van der Waals surface area contributed by atoms with E-state index in [1.165, 1.54) is 0 Å². The Bertz CT molecular complexity index is 262. The standard InChI is InChI=1S/C14H28N2O2.ClH/c1-11(2)9-13(4)18-8-5-14(17)16-7-6-15-10-12(16)3;/h11-13,15H,5-10H2,1-4H3;1H. The van der Waals surface area contributed by atoms with E-state index in [4.69, 9.17) is 4.74 Å². The fourth-order valence-corrected chi connectivity index (χ4v) is 2.43. The van der Waals surface area contributed by atoms with Crippen LogP contribution in [0, 0.1) is 5.92 Å². The van der Waals surface area contributed by atoms with Crippen molar-refractivity contribution in [3.05, 3.63) is 0 Å². The van der Waals surface area contributed by atoms with E-state index < -0.39 is 0 Å². The molecule has 0 aromatic carbocycles. The third-order valence-corrected chi connectivity index (χ3v) is 3.34. The molecule has 0 aromatic rings. The van der Waals surface area contributed by atoms with Crippen molar-refractivity contribution in [2.75, 3.05) is 26.2 Å². The molecule has 4 nitrogen and oxygen atoms in total. The molecule has 1 N–H and O–H groups in total. The molecular formula is C14H29ClN2O2. The molecule has 19 heavy (non-hydrogen) atoms. The van der Waals surface area contributed by atoms with Crippen LogP contribution in [0.1, 0.15) is 40.5 Å². The van der Waals surface area contributed by atoms with Gasteiger partial charge in [-0.3, -0.25) is 4.79 Å². The van der Waals surface area contributed by atoms with Gasteiger partial charge in [0.15, 0.2) is 0 Å². The Morgan fingerprint density at radius 3 is 2.68 bits per heavy atom. The maximum absolute atomic E-state index is 12.0. The van der Waals surface area contributed by atoms with Crippen LogP contribution in [0.2, 0.25) is 0 Å². The Kier molecular flexibility index (Phi) is 9.40. The average Bonchev–Trinajstić information content (AvgIpc) is 2.28. The van der Waals surface area contributed by atoms with E-state index in [1.54, 1.807) is 0 Å². The normalized spacial score (nSPS) is 21.1. The zero-order valence-corrected chi connectivity index (χ0v) is 13.5. The van der Waals surface area contributed by atoms with Crippen molar-refractivity contribution in [2.24, 2.45) is 5.92 Å². The SMILES string of the molecule is CC(C)CC(C)OCCC(=O)N1CCNCC1C.Cl. The average molecular weight is 293 g/mol. The molecule has 0 aromatic heterocycles. The van der Waals surface area contributed by atoms with Crippen LogP contribution >= 0.6 is 12.4 Å². The zero-order valence-electron chi connectivity index (χ0n) is 12.6. The van der Waals surface area contributed by atoms with Crippen LogP contribution in [-0.4, -0.2) is 49.2 Å². The fraction of sp³-hybridized carbons (Fsp3) is 0.929. The maximum Gasteiger partial charge on any atom is 0.225 e. The summed E-state index contributed by atoms with van der Waals surface area (Å²) in [6.45, 7) is 11.7. The Morgan fingerprint density at radius 1 is 1.42 bits per heavy atom. The quantitative estimate of drug-likeness (QED) is 0.815. The van der Waals surface area contributed by atoms with Gasteiger partial charge in [-0.15, -0.1) is 12.4 Å². The number of nitrogens with one attached hydrogen (secondary N) is 1. The fourth-order valence-electron chi connectivity index (χ4n) is 2.43. The van der Waals surface area contributed by atoms with E-state index in [9.17, 15) is 4.79 Å². The van der Waals surface area contributed by atoms with Crippen LogP contribution < -0.4 is 5.32 Å². The molecule has 1 fully saturated rings. The molecule has 1 aliphatic heterocycles. The summed E-state index contributed by atoms with van der Waals surface area (Å²) < 4.78 is 5.69. The van der Waals surface area contributed by atoms with Gasteiger partial charge in [0.25, 0.3) is 0 Å². The highest BCUT2D eigenvalue weighted by molar-refractivity contribution is 5.85. The third kappa shape index (κ3) is 7.14. The highest BCUT2D eigenvalue weighted by Crippen LogP contribution is 2.09. The summed E-state index contributed by atoms with van der Waals surface area (Å²) in [5.74, 6) is 0.865. The molecule has 0 aliphatic carbocycles. The van der Waals surface area contributed by atoms with E-state index >= 15 is 0 Å². The van der Waals surface area contributed by atoms with E-state index in [2.05, 4.69) is 33.0 Å². The number of hydrogen-bond acceptors (Lipinski definition) is 3. The van der Waals surface area contributed by atoms with Crippen LogP contribution in [0.25, 0.3) is 0 Å². The maximum atomic E-state index is 12.0. The van der Waals surface area contributed by atoms with E-state index in [0.717, 1.165) is 26.1 Å². The van der Waals surface area contributed by atoms with Crippen molar-refractivity contribution in [1.29, 1.82) is 0 Å². The Balaban J connectivity index is 0.00000324. The second-order valence-corrected chi connectivity index (χ2v) is 5.70. The van der Waals surface area contributed by atoms with Gasteiger partial charge in [-0.05, 0) is 26.2 Å². The van der Waals surface area contributed by atoms with Gasteiger partial charge in [-0.25, -0.2) is 0 Å². The van der Waals surface area contributed by atoms with Gasteiger partial charge in [-0.2, -0.15) is 0 Å². The Hall–Kier alpha value is -0.320. The Morgan fingerprint density at radius 2 is 2.11 bits per heavy atom. The van der Waals surface area contributed by atoms with Gasteiger partial charge < -0.3 is 15.0 Å². The van der Waals surface area contributed by atoms with Gasteiger partial charge in [0.2, 0.25) is 5.91 Å². The molecular weight excluding hydrogens is 264 g/mol. The minimum atomic E-state index is 0. The van der Waals surface area contributed by atoms with E-state index in [1.807, 2.05) is 4.90 Å². The van der Waals surface area contributed by atoms with Gasteiger partial charge in [-0.1, -0.05) is 13.8 Å². The number of amides is 1. The summed E-state index contributed by atoms with van der Waals surface area (Å²) in [4.78, 5) is 14.0. The van der Waals surface area contributed by atoms with Crippen molar-refractivity contribution in [2.45, 2.75) is 52.7 Å². The lowest BCUT2D eigenvalue weighted by molar-refractivity contribution is -0.135. The molecule has 1 heterocycles. The van der Waals surface area contributed by atoms with E-state index in [-0.39, 0.29) is 24.4 Å². The molecule has 1 amide bonds. The molecule has 0 spiro atoms. The number of nitrogens with zero attached hydrogens (tertiary/aromatic N) is 1. The predicted octanol–water partition coefficient (Wildman–Crippen LogP) is 2.07.